The number of hydrogen-bond acceptors (Lipinski definition) is 10. The van der Waals surface area contributed by atoms with Crippen molar-refractivity contribution in [2.24, 2.45) is 5.73 Å². The van der Waals surface area contributed by atoms with E-state index in [1.807, 2.05) is 0 Å². The number of amides is 2. The maximum atomic E-state index is 12.2. The van der Waals surface area contributed by atoms with Gasteiger partial charge in [0.05, 0.1) is 11.5 Å². The average molecular weight is 488 g/mol. The molecule has 0 unspecified atom stereocenters. The fourth-order valence-electron chi connectivity index (χ4n) is 2.25. The van der Waals surface area contributed by atoms with E-state index in [2.05, 4.69) is 10.6 Å². The molecule has 7 N–H and O–H groups in total. The summed E-state index contributed by atoms with van der Waals surface area (Å²) in [6, 6.07) is 2.92. The largest absolute Gasteiger partial charge is 0.480 e. The van der Waals surface area contributed by atoms with Crippen LogP contribution in [0.2, 0.25) is 0 Å². The van der Waals surface area contributed by atoms with Gasteiger partial charge in [-0.2, -0.15) is 0 Å². The third-order valence-electron chi connectivity index (χ3n) is 4.01. The van der Waals surface area contributed by atoms with E-state index in [0.29, 0.717) is 5.56 Å². The quantitative estimate of drug-likeness (QED) is 0.0991. The van der Waals surface area contributed by atoms with Crippen molar-refractivity contribution >= 4 is 41.2 Å². The molecule has 0 aliphatic rings. The van der Waals surface area contributed by atoms with Crippen LogP contribution in [0.5, 0.6) is 0 Å². The smallest absolute Gasteiger partial charge is 0.322 e. The van der Waals surface area contributed by atoms with Gasteiger partial charge >= 0.3 is 11.9 Å². The van der Waals surface area contributed by atoms with Crippen LogP contribution in [0.25, 0.3) is 0 Å². The molecular weight excluding hydrogens is 464 g/mol. The van der Waals surface area contributed by atoms with Gasteiger partial charge in [-0.05, 0) is 24.1 Å². The van der Waals surface area contributed by atoms with Crippen molar-refractivity contribution < 1.29 is 44.2 Å². The standard InChI is InChI=1S/C18H24N4O10S/c19-12(17(27)28)5-6-14(23)21-13(16(26)20-7-15(24)25)9-33-18(29)32-8-10-1-3-11(4-2-10)22(30)31/h1-4,12-13,18,29H,5-9,19H2,(H,20,26)(H,21,23)(H,24,25)(H,27,28)/t12-,13+,18+/m0/s1. The molecular formula is C18H24N4O10S. The number of nitrogens with zero attached hydrogens (tertiary/aromatic N) is 1. The molecule has 0 fully saturated rings. The van der Waals surface area contributed by atoms with Crippen LogP contribution in [0.4, 0.5) is 5.69 Å². The molecule has 182 valence electrons. The van der Waals surface area contributed by atoms with Crippen molar-refractivity contribution in [1.29, 1.82) is 0 Å². The molecule has 3 atom stereocenters. The third-order valence-corrected chi connectivity index (χ3v) is 4.96. The summed E-state index contributed by atoms with van der Waals surface area (Å²) in [5.74, 6) is -4.32. The number of non-ortho nitro benzene ring substituents is 1. The van der Waals surface area contributed by atoms with Crippen molar-refractivity contribution in [3.63, 3.8) is 0 Å². The summed E-state index contributed by atoms with van der Waals surface area (Å²) >= 11 is 0.729. The Kier molecular flexibility index (Phi) is 11.8. The summed E-state index contributed by atoms with van der Waals surface area (Å²) in [6.07, 6.45) is -0.473. The minimum Gasteiger partial charge on any atom is -0.480 e. The molecule has 0 heterocycles. The van der Waals surface area contributed by atoms with Crippen molar-refractivity contribution in [3.05, 3.63) is 39.9 Å². The van der Waals surface area contributed by atoms with E-state index >= 15 is 0 Å². The summed E-state index contributed by atoms with van der Waals surface area (Å²) in [4.78, 5) is 55.7. The average Bonchev–Trinajstić information content (AvgIpc) is 2.77. The number of carboxylic acid groups (broad SMARTS) is 2. The molecule has 33 heavy (non-hydrogen) atoms. The number of benzene rings is 1. The zero-order chi connectivity index (χ0) is 25.0. The van der Waals surface area contributed by atoms with Gasteiger partial charge in [0, 0.05) is 24.3 Å². The van der Waals surface area contributed by atoms with Crippen molar-refractivity contribution in [3.8, 4) is 0 Å². The minimum absolute atomic E-state index is 0.0958. The summed E-state index contributed by atoms with van der Waals surface area (Å²) in [5, 5.41) is 42.5. The van der Waals surface area contributed by atoms with Crippen LogP contribution in [0.1, 0.15) is 18.4 Å². The van der Waals surface area contributed by atoms with Crippen LogP contribution in [-0.4, -0.2) is 74.0 Å². The Balaban J connectivity index is 2.60. The molecule has 1 rings (SSSR count). The summed E-state index contributed by atoms with van der Waals surface area (Å²) < 4.78 is 5.20. The van der Waals surface area contributed by atoms with Crippen LogP contribution < -0.4 is 16.4 Å². The van der Waals surface area contributed by atoms with Crippen LogP contribution in [0, 0.1) is 10.1 Å². The van der Waals surface area contributed by atoms with Crippen LogP contribution in [-0.2, 0) is 30.5 Å². The van der Waals surface area contributed by atoms with Gasteiger partial charge in [0.15, 0.2) is 0 Å². The lowest BCUT2D eigenvalue weighted by atomic mass is 10.1. The first-order chi connectivity index (χ1) is 15.5. The van der Waals surface area contributed by atoms with E-state index < -0.39 is 52.9 Å². The normalized spacial score (nSPS) is 13.4. The summed E-state index contributed by atoms with van der Waals surface area (Å²) in [5.41, 5.74) is 4.32. The van der Waals surface area contributed by atoms with Gasteiger partial charge in [-0.25, -0.2) is 0 Å². The molecule has 0 spiro atoms. The number of nitro benzene ring substituents is 1. The Hall–Kier alpha value is -3.27. The summed E-state index contributed by atoms with van der Waals surface area (Å²) in [6.45, 7) is -0.791. The highest BCUT2D eigenvalue weighted by Crippen LogP contribution is 2.16. The van der Waals surface area contributed by atoms with Crippen molar-refractivity contribution in [2.45, 2.75) is 37.2 Å². The number of nitrogens with two attached hydrogens (primary N) is 1. The Bertz CT molecular complexity index is 851. The molecule has 1 aromatic rings. The molecule has 0 aliphatic carbocycles. The number of thioether (sulfide) groups is 1. The van der Waals surface area contributed by atoms with E-state index in [1.54, 1.807) is 0 Å². The van der Waals surface area contributed by atoms with E-state index in [1.165, 1.54) is 24.3 Å². The van der Waals surface area contributed by atoms with Gasteiger partial charge < -0.3 is 36.4 Å². The number of nitro groups is 1. The van der Waals surface area contributed by atoms with Crippen LogP contribution in [0.3, 0.4) is 0 Å². The number of rotatable bonds is 15. The minimum atomic E-state index is -1.44. The van der Waals surface area contributed by atoms with Gasteiger partial charge in [0.25, 0.3) is 5.69 Å². The Morgan fingerprint density at radius 3 is 2.36 bits per heavy atom. The highest BCUT2D eigenvalue weighted by molar-refractivity contribution is 7.99. The highest BCUT2D eigenvalue weighted by atomic mass is 32.2. The number of carbonyl (C=O) groups excluding carboxylic acids is 2. The Morgan fingerprint density at radius 2 is 1.82 bits per heavy atom. The van der Waals surface area contributed by atoms with E-state index in [-0.39, 0.29) is 30.9 Å². The number of hydrogen-bond donors (Lipinski definition) is 6. The molecule has 0 saturated carbocycles. The molecule has 2 amide bonds. The number of aliphatic hydroxyl groups excluding tert-OH is 1. The first kappa shape index (κ1) is 27.8. The predicted molar refractivity (Wildman–Crippen MR) is 114 cm³/mol. The fraction of sp³-hybridized carbons (Fsp3) is 0.444. The van der Waals surface area contributed by atoms with Crippen molar-refractivity contribution in [2.75, 3.05) is 12.3 Å². The molecule has 15 heteroatoms. The molecule has 0 bridgehead atoms. The monoisotopic (exact) mass is 488 g/mol. The zero-order valence-corrected chi connectivity index (χ0v) is 18.0. The Labute approximate surface area is 191 Å². The van der Waals surface area contributed by atoms with E-state index in [9.17, 15) is 34.4 Å². The first-order valence-corrected chi connectivity index (χ1v) is 10.5. The Morgan fingerprint density at radius 1 is 1.18 bits per heavy atom. The molecule has 1 aromatic carbocycles. The third kappa shape index (κ3) is 11.2. The maximum absolute atomic E-state index is 12.2. The molecule has 14 nitrogen and oxygen atoms in total. The van der Waals surface area contributed by atoms with Gasteiger partial charge in [-0.15, -0.1) is 0 Å². The highest BCUT2D eigenvalue weighted by Gasteiger charge is 2.24. The number of aliphatic carboxylic acids is 2. The van der Waals surface area contributed by atoms with Crippen LogP contribution >= 0.6 is 11.8 Å². The molecule has 0 aromatic heterocycles. The lowest BCUT2D eigenvalue weighted by Gasteiger charge is -2.20. The topological polar surface area (TPSA) is 231 Å². The second-order valence-electron chi connectivity index (χ2n) is 6.59. The van der Waals surface area contributed by atoms with Gasteiger partial charge in [0.1, 0.15) is 18.6 Å². The number of nitrogens with one attached hydrogen (secondary N) is 2. The van der Waals surface area contributed by atoms with E-state index in [4.69, 9.17) is 20.7 Å². The zero-order valence-electron chi connectivity index (χ0n) is 17.2. The number of carbonyl (C=O) groups is 4. The molecule has 0 radical (unpaired) electrons. The lowest BCUT2D eigenvalue weighted by Crippen LogP contribution is -2.49. The van der Waals surface area contributed by atoms with Gasteiger partial charge in [-0.1, -0.05) is 11.8 Å². The SMILES string of the molecule is N[C@@H](CCC(=O)N[C@H](CS[C@H](O)OCc1ccc([N+](=O)[O-])cc1)C(=O)NCC(=O)O)C(=O)O. The number of carboxylic acids is 2. The van der Waals surface area contributed by atoms with Gasteiger partial charge in [0.2, 0.25) is 17.4 Å². The van der Waals surface area contributed by atoms with Gasteiger partial charge in [-0.3, -0.25) is 29.3 Å². The first-order valence-electron chi connectivity index (χ1n) is 9.41. The second-order valence-corrected chi connectivity index (χ2v) is 7.66. The summed E-state index contributed by atoms with van der Waals surface area (Å²) in [7, 11) is 0. The lowest BCUT2D eigenvalue weighted by molar-refractivity contribution is -0.384. The van der Waals surface area contributed by atoms with Crippen LogP contribution in [0.15, 0.2) is 24.3 Å². The fourth-order valence-corrected chi connectivity index (χ4v) is 3.01. The maximum Gasteiger partial charge on any atom is 0.322 e. The van der Waals surface area contributed by atoms with E-state index in [0.717, 1.165) is 11.8 Å². The molecule has 0 aliphatic heterocycles. The second kappa shape index (κ2) is 14.0. The molecule has 0 saturated heterocycles. The number of ether oxygens (including phenoxy) is 1. The van der Waals surface area contributed by atoms with Crippen molar-refractivity contribution in [1.82, 2.24) is 10.6 Å². The predicted octanol–water partition coefficient (Wildman–Crippen LogP) is -1.00. The number of aliphatic hydroxyl groups is 1.